The molecular formula is C13H14N. The van der Waals surface area contributed by atoms with Crippen LogP contribution in [0.3, 0.4) is 0 Å². The van der Waals surface area contributed by atoms with Crippen LogP contribution in [0.25, 0.3) is 5.69 Å². The molecule has 1 aromatic carbocycles. The molecule has 0 saturated heterocycles. The smallest absolute Gasteiger partial charge is 0.0455 e. The Morgan fingerprint density at radius 3 is 2.21 bits per heavy atom. The van der Waals surface area contributed by atoms with Gasteiger partial charge in [-0.2, -0.15) is 0 Å². The Bertz CT molecular complexity index is 438. The predicted octanol–water partition coefficient (Wildman–Crippen LogP) is 3.28. The molecule has 0 amide bonds. The van der Waals surface area contributed by atoms with Crippen molar-refractivity contribution in [2.45, 2.75) is 13.8 Å². The zero-order valence-corrected chi connectivity index (χ0v) is 8.62. The Balaban J connectivity index is 2.62. The van der Waals surface area contributed by atoms with E-state index in [1.807, 2.05) is 6.07 Å². The Labute approximate surface area is 85.0 Å². The topological polar surface area (TPSA) is 4.93 Å². The molecule has 0 unspecified atom stereocenters. The first-order valence-corrected chi connectivity index (χ1v) is 4.76. The van der Waals surface area contributed by atoms with Crippen molar-refractivity contribution in [1.29, 1.82) is 0 Å². The number of nitrogens with zero attached hydrogens (tertiary/aromatic N) is 1. The van der Waals surface area contributed by atoms with E-state index in [2.05, 4.69) is 55.7 Å². The highest BCUT2D eigenvalue weighted by atomic mass is 15.0. The first kappa shape index (κ1) is 9.07. The maximum atomic E-state index is 4.01. The van der Waals surface area contributed by atoms with E-state index in [9.17, 15) is 0 Å². The van der Waals surface area contributed by atoms with Gasteiger partial charge in [0.15, 0.2) is 0 Å². The number of aromatic nitrogens is 1. The molecule has 1 nitrogen and oxygen atoms in total. The Kier molecular flexibility index (Phi) is 2.16. The first-order valence-electron chi connectivity index (χ1n) is 4.76. The quantitative estimate of drug-likeness (QED) is 0.641. The molecule has 71 valence electrons. The molecule has 2 rings (SSSR count). The molecular weight excluding hydrogens is 170 g/mol. The van der Waals surface area contributed by atoms with Crippen LogP contribution >= 0.6 is 0 Å². The fraction of sp³-hybridized carbons (Fsp3) is 0.154. The highest BCUT2D eigenvalue weighted by molar-refractivity contribution is 5.41. The number of benzene rings is 1. The van der Waals surface area contributed by atoms with E-state index in [0.717, 1.165) is 5.56 Å². The van der Waals surface area contributed by atoms with Gasteiger partial charge >= 0.3 is 0 Å². The van der Waals surface area contributed by atoms with Gasteiger partial charge in [-0.3, -0.25) is 0 Å². The molecule has 1 heteroatoms. The summed E-state index contributed by atoms with van der Waals surface area (Å²) >= 11 is 0. The van der Waals surface area contributed by atoms with Gasteiger partial charge in [-0.05, 0) is 44.5 Å². The van der Waals surface area contributed by atoms with Gasteiger partial charge in [-0.15, -0.1) is 0 Å². The lowest BCUT2D eigenvalue weighted by atomic mass is 10.3. The summed E-state index contributed by atoms with van der Waals surface area (Å²) in [4.78, 5) is 0. The molecule has 0 aliphatic rings. The van der Waals surface area contributed by atoms with E-state index in [-0.39, 0.29) is 0 Å². The largest absolute Gasteiger partial charge is 0.318 e. The van der Waals surface area contributed by atoms with E-state index in [1.54, 1.807) is 0 Å². The molecule has 1 radical (unpaired) electrons. The predicted molar refractivity (Wildman–Crippen MR) is 59.7 cm³/mol. The van der Waals surface area contributed by atoms with E-state index in [0.29, 0.717) is 0 Å². The zero-order valence-electron chi connectivity index (χ0n) is 8.62. The molecule has 1 heterocycles. The van der Waals surface area contributed by atoms with Crippen molar-refractivity contribution in [3.63, 3.8) is 0 Å². The standard InChI is InChI=1S/C13H14N/c1-10-9-11(2)14(12(10)3)13-7-5-4-6-8-13/h4-9H,1H2,2-3H3. The number of aryl methyl sites for hydroxylation is 1. The molecule has 0 N–H and O–H groups in total. The SMILES string of the molecule is [CH2]c1cc(C)n(-c2ccccc2)c1C. The average molecular weight is 184 g/mol. The van der Waals surface area contributed by atoms with Gasteiger partial charge < -0.3 is 4.57 Å². The molecule has 14 heavy (non-hydrogen) atoms. The lowest BCUT2D eigenvalue weighted by molar-refractivity contribution is 0.963. The van der Waals surface area contributed by atoms with E-state index >= 15 is 0 Å². The second-order valence-electron chi connectivity index (χ2n) is 3.57. The Morgan fingerprint density at radius 2 is 1.71 bits per heavy atom. The number of hydrogen-bond donors (Lipinski definition) is 0. The molecule has 1 aromatic heterocycles. The van der Waals surface area contributed by atoms with Crippen LogP contribution < -0.4 is 0 Å². The zero-order chi connectivity index (χ0) is 10.1. The number of rotatable bonds is 1. The lowest BCUT2D eigenvalue weighted by Gasteiger charge is -2.08. The second kappa shape index (κ2) is 3.33. The fourth-order valence-electron chi connectivity index (χ4n) is 1.80. The summed E-state index contributed by atoms with van der Waals surface area (Å²) in [7, 11) is 0. The van der Waals surface area contributed by atoms with Crippen molar-refractivity contribution < 1.29 is 0 Å². The summed E-state index contributed by atoms with van der Waals surface area (Å²) in [6.45, 7) is 8.21. The summed E-state index contributed by atoms with van der Waals surface area (Å²) in [5, 5.41) is 0. The van der Waals surface area contributed by atoms with Crippen LogP contribution in [-0.2, 0) is 0 Å². The van der Waals surface area contributed by atoms with Crippen LogP contribution in [-0.4, -0.2) is 4.57 Å². The molecule has 0 aliphatic heterocycles. The third-order valence-electron chi connectivity index (χ3n) is 2.55. The molecule has 0 bridgehead atoms. The number of hydrogen-bond acceptors (Lipinski definition) is 0. The van der Waals surface area contributed by atoms with Crippen molar-refractivity contribution in [2.75, 3.05) is 0 Å². The van der Waals surface area contributed by atoms with E-state index in [1.165, 1.54) is 17.1 Å². The van der Waals surface area contributed by atoms with Crippen molar-refractivity contribution in [3.8, 4) is 5.69 Å². The van der Waals surface area contributed by atoms with Crippen molar-refractivity contribution in [3.05, 3.63) is 60.3 Å². The van der Waals surface area contributed by atoms with Gasteiger partial charge in [0.2, 0.25) is 0 Å². The highest BCUT2D eigenvalue weighted by Crippen LogP contribution is 2.19. The Morgan fingerprint density at radius 1 is 1.07 bits per heavy atom. The van der Waals surface area contributed by atoms with Crippen LogP contribution in [0.5, 0.6) is 0 Å². The molecule has 0 spiro atoms. The second-order valence-corrected chi connectivity index (χ2v) is 3.57. The average Bonchev–Trinajstić information content (AvgIpc) is 2.43. The van der Waals surface area contributed by atoms with Crippen molar-refractivity contribution in [2.24, 2.45) is 0 Å². The van der Waals surface area contributed by atoms with Crippen LogP contribution in [0.4, 0.5) is 0 Å². The summed E-state index contributed by atoms with van der Waals surface area (Å²) in [6, 6.07) is 12.5. The minimum absolute atomic E-state index is 1.10. The molecule has 2 aromatic rings. The fourth-order valence-corrected chi connectivity index (χ4v) is 1.80. The molecule has 0 saturated carbocycles. The summed E-state index contributed by atoms with van der Waals surface area (Å²) < 4.78 is 2.22. The minimum Gasteiger partial charge on any atom is -0.318 e. The maximum absolute atomic E-state index is 4.01. The third kappa shape index (κ3) is 1.35. The van der Waals surface area contributed by atoms with Gasteiger partial charge in [-0.1, -0.05) is 18.2 Å². The Hall–Kier alpha value is -1.50. The van der Waals surface area contributed by atoms with Crippen molar-refractivity contribution in [1.82, 2.24) is 4.57 Å². The molecule has 0 aliphatic carbocycles. The summed E-state index contributed by atoms with van der Waals surface area (Å²) in [5.41, 5.74) is 4.76. The lowest BCUT2D eigenvalue weighted by Crippen LogP contribution is -1.98. The third-order valence-corrected chi connectivity index (χ3v) is 2.55. The van der Waals surface area contributed by atoms with Crippen LogP contribution in [0.1, 0.15) is 17.0 Å². The molecule has 0 atom stereocenters. The van der Waals surface area contributed by atoms with Gasteiger partial charge in [0.25, 0.3) is 0 Å². The van der Waals surface area contributed by atoms with Gasteiger partial charge in [-0.25, -0.2) is 0 Å². The monoisotopic (exact) mass is 184 g/mol. The molecule has 0 fully saturated rings. The normalized spacial score (nSPS) is 10.5. The van der Waals surface area contributed by atoms with Gasteiger partial charge in [0.05, 0.1) is 0 Å². The minimum atomic E-state index is 1.10. The van der Waals surface area contributed by atoms with Crippen LogP contribution in [0, 0.1) is 20.8 Å². The van der Waals surface area contributed by atoms with E-state index < -0.39 is 0 Å². The van der Waals surface area contributed by atoms with Gasteiger partial charge in [0, 0.05) is 17.1 Å². The van der Waals surface area contributed by atoms with E-state index in [4.69, 9.17) is 0 Å². The number of para-hydroxylation sites is 1. The van der Waals surface area contributed by atoms with Crippen LogP contribution in [0.15, 0.2) is 36.4 Å². The highest BCUT2D eigenvalue weighted by Gasteiger charge is 2.06. The van der Waals surface area contributed by atoms with Crippen molar-refractivity contribution >= 4 is 0 Å². The first-order chi connectivity index (χ1) is 6.70. The summed E-state index contributed by atoms with van der Waals surface area (Å²) in [6.07, 6.45) is 0. The summed E-state index contributed by atoms with van der Waals surface area (Å²) in [5.74, 6) is 0. The van der Waals surface area contributed by atoms with Gasteiger partial charge in [0.1, 0.15) is 0 Å². The van der Waals surface area contributed by atoms with Crippen LogP contribution in [0.2, 0.25) is 0 Å². The maximum Gasteiger partial charge on any atom is 0.0455 e.